The molecule has 1 aliphatic carbocycles. The van der Waals surface area contributed by atoms with Gasteiger partial charge in [0.1, 0.15) is 11.3 Å². The number of amides is 1. The van der Waals surface area contributed by atoms with Crippen molar-refractivity contribution in [1.82, 2.24) is 15.3 Å². The summed E-state index contributed by atoms with van der Waals surface area (Å²) < 4.78 is 0. The lowest BCUT2D eigenvalue weighted by atomic mass is 10.2. The number of carbonyl (C=O) groups excluding carboxylic acids is 1. The van der Waals surface area contributed by atoms with Crippen molar-refractivity contribution in [2.75, 3.05) is 0 Å². The zero-order chi connectivity index (χ0) is 13.6. The number of para-hydroxylation sites is 1. The Morgan fingerprint density at radius 1 is 1.47 bits per heavy atom. The van der Waals surface area contributed by atoms with Crippen molar-refractivity contribution in [1.29, 1.82) is 0 Å². The summed E-state index contributed by atoms with van der Waals surface area (Å²) in [5.41, 5.74) is 7.34. The van der Waals surface area contributed by atoms with Crippen molar-refractivity contribution in [3.63, 3.8) is 0 Å². The molecule has 1 saturated carbocycles. The first kappa shape index (κ1) is 12.2. The highest BCUT2D eigenvalue weighted by atomic mass is 16.1. The first-order valence-corrected chi connectivity index (χ1v) is 6.58. The zero-order valence-electron chi connectivity index (χ0n) is 11.2. The Morgan fingerprint density at radius 3 is 2.79 bits per heavy atom. The average Bonchev–Trinajstić information content (AvgIpc) is 2.97. The molecule has 4 N–H and O–H groups in total. The maximum Gasteiger partial charge on any atom is 0.250 e. The van der Waals surface area contributed by atoms with Gasteiger partial charge in [-0.3, -0.25) is 4.79 Å². The summed E-state index contributed by atoms with van der Waals surface area (Å²) in [4.78, 5) is 19.3. The molecule has 1 fully saturated rings. The Hall–Kier alpha value is -1.88. The second-order valence-corrected chi connectivity index (χ2v) is 5.53. The minimum absolute atomic E-state index is 0.0535. The van der Waals surface area contributed by atoms with Gasteiger partial charge in [0.05, 0.1) is 16.6 Å². The van der Waals surface area contributed by atoms with E-state index in [-0.39, 0.29) is 5.54 Å². The predicted molar refractivity (Wildman–Crippen MR) is 73.8 cm³/mol. The van der Waals surface area contributed by atoms with Crippen LogP contribution in [-0.2, 0) is 5.54 Å². The number of H-pyrrole nitrogens is 1. The van der Waals surface area contributed by atoms with E-state index < -0.39 is 5.91 Å². The van der Waals surface area contributed by atoms with Crippen LogP contribution in [-0.4, -0.2) is 21.9 Å². The van der Waals surface area contributed by atoms with Crippen LogP contribution in [0.1, 0.15) is 42.9 Å². The highest BCUT2D eigenvalue weighted by molar-refractivity contribution is 6.04. The van der Waals surface area contributed by atoms with E-state index in [1.807, 2.05) is 12.1 Å². The van der Waals surface area contributed by atoms with Gasteiger partial charge in [0, 0.05) is 6.04 Å². The van der Waals surface area contributed by atoms with Crippen LogP contribution in [0, 0.1) is 0 Å². The number of rotatable bonds is 4. The number of carbonyl (C=O) groups is 1. The molecule has 1 aliphatic rings. The second kappa shape index (κ2) is 4.06. The van der Waals surface area contributed by atoms with E-state index in [1.165, 1.54) is 0 Å². The van der Waals surface area contributed by atoms with Gasteiger partial charge in [-0.15, -0.1) is 0 Å². The van der Waals surface area contributed by atoms with E-state index in [4.69, 9.17) is 5.73 Å². The Bertz CT molecular complexity index is 640. The summed E-state index contributed by atoms with van der Waals surface area (Å²) in [5, 5.41) is 3.55. The minimum atomic E-state index is -0.440. The molecule has 2 aromatic rings. The molecule has 0 radical (unpaired) electrons. The second-order valence-electron chi connectivity index (χ2n) is 5.53. The van der Waals surface area contributed by atoms with Gasteiger partial charge >= 0.3 is 0 Å². The smallest absolute Gasteiger partial charge is 0.250 e. The van der Waals surface area contributed by atoms with Gasteiger partial charge in [-0.2, -0.15) is 0 Å². The van der Waals surface area contributed by atoms with Gasteiger partial charge in [0.25, 0.3) is 5.91 Å². The number of fused-ring (bicyclic) bond motifs is 1. The van der Waals surface area contributed by atoms with Crippen LogP contribution in [0.25, 0.3) is 11.0 Å². The van der Waals surface area contributed by atoms with Crippen molar-refractivity contribution in [3.05, 3.63) is 29.6 Å². The highest BCUT2D eigenvalue weighted by Crippen LogP contribution is 2.45. The predicted octanol–water partition coefficient (Wildman–Crippen LogP) is 1.65. The molecule has 0 bridgehead atoms. The van der Waals surface area contributed by atoms with Crippen molar-refractivity contribution >= 4 is 16.9 Å². The van der Waals surface area contributed by atoms with Crippen LogP contribution in [0.5, 0.6) is 0 Å². The minimum Gasteiger partial charge on any atom is -0.366 e. The van der Waals surface area contributed by atoms with E-state index in [9.17, 15) is 4.79 Å². The molecule has 0 saturated heterocycles. The quantitative estimate of drug-likeness (QED) is 0.779. The number of primary amides is 1. The molecule has 1 heterocycles. The molecule has 3 rings (SSSR count). The Kier molecular flexibility index (Phi) is 2.60. The maximum absolute atomic E-state index is 11.4. The van der Waals surface area contributed by atoms with Crippen molar-refractivity contribution in [2.24, 2.45) is 5.73 Å². The number of hydrogen-bond donors (Lipinski definition) is 3. The summed E-state index contributed by atoms with van der Waals surface area (Å²) in [7, 11) is 0. The fourth-order valence-electron chi connectivity index (χ4n) is 2.58. The molecular weight excluding hydrogens is 240 g/mol. The number of hydrogen-bond acceptors (Lipinski definition) is 3. The van der Waals surface area contributed by atoms with Crippen molar-refractivity contribution in [2.45, 2.75) is 38.3 Å². The Morgan fingerprint density at radius 2 is 2.21 bits per heavy atom. The van der Waals surface area contributed by atoms with E-state index in [2.05, 4.69) is 29.1 Å². The fraction of sp³-hybridized carbons (Fsp3) is 0.429. The SMILES string of the molecule is CC(C)NC1(c2nc3c(C(N)=O)cccc3[nH]2)CC1. The Labute approximate surface area is 111 Å². The van der Waals surface area contributed by atoms with Crippen LogP contribution in [0.4, 0.5) is 0 Å². The number of aromatic nitrogens is 2. The number of imidazole rings is 1. The van der Waals surface area contributed by atoms with Crippen LogP contribution < -0.4 is 11.1 Å². The third kappa shape index (κ3) is 2.00. The molecule has 0 unspecified atom stereocenters. The lowest BCUT2D eigenvalue weighted by molar-refractivity contribution is 0.100. The van der Waals surface area contributed by atoms with E-state index in [0.717, 1.165) is 24.2 Å². The molecule has 1 amide bonds. The molecule has 5 heteroatoms. The molecule has 0 spiro atoms. The third-order valence-corrected chi connectivity index (χ3v) is 3.55. The molecule has 5 nitrogen and oxygen atoms in total. The normalized spacial score (nSPS) is 17.0. The highest BCUT2D eigenvalue weighted by Gasteiger charge is 2.47. The number of nitrogens with two attached hydrogens (primary N) is 1. The lowest BCUT2D eigenvalue weighted by Gasteiger charge is -2.17. The van der Waals surface area contributed by atoms with Gasteiger partial charge in [0.15, 0.2) is 0 Å². The summed E-state index contributed by atoms with van der Waals surface area (Å²) >= 11 is 0. The van der Waals surface area contributed by atoms with Crippen LogP contribution in [0.3, 0.4) is 0 Å². The van der Waals surface area contributed by atoms with Crippen LogP contribution in [0.2, 0.25) is 0 Å². The number of benzene rings is 1. The standard InChI is InChI=1S/C14H18N4O/c1-8(2)18-14(6-7-14)13-16-10-5-3-4-9(12(15)19)11(10)17-13/h3-5,8,18H,6-7H2,1-2H3,(H2,15,19)(H,16,17). The van der Waals surface area contributed by atoms with Crippen LogP contribution in [0.15, 0.2) is 18.2 Å². The van der Waals surface area contributed by atoms with E-state index in [1.54, 1.807) is 6.07 Å². The molecule has 1 aromatic carbocycles. The Balaban J connectivity index is 2.08. The first-order valence-electron chi connectivity index (χ1n) is 6.58. The molecular formula is C14H18N4O. The summed E-state index contributed by atoms with van der Waals surface area (Å²) in [6, 6.07) is 5.85. The topological polar surface area (TPSA) is 83.8 Å². The van der Waals surface area contributed by atoms with E-state index in [0.29, 0.717) is 17.1 Å². The molecule has 0 atom stereocenters. The van der Waals surface area contributed by atoms with Crippen molar-refractivity contribution in [3.8, 4) is 0 Å². The summed E-state index contributed by atoms with van der Waals surface area (Å²) in [5.74, 6) is 0.468. The first-order chi connectivity index (χ1) is 9.02. The number of nitrogens with zero attached hydrogens (tertiary/aromatic N) is 1. The molecule has 100 valence electrons. The monoisotopic (exact) mass is 258 g/mol. The summed E-state index contributed by atoms with van der Waals surface area (Å²) in [6.07, 6.45) is 2.13. The van der Waals surface area contributed by atoms with Gasteiger partial charge < -0.3 is 16.0 Å². The summed E-state index contributed by atoms with van der Waals surface area (Å²) in [6.45, 7) is 4.25. The van der Waals surface area contributed by atoms with Gasteiger partial charge in [-0.05, 0) is 38.8 Å². The lowest BCUT2D eigenvalue weighted by Crippen LogP contribution is -2.35. The zero-order valence-corrected chi connectivity index (χ0v) is 11.2. The fourth-order valence-corrected chi connectivity index (χ4v) is 2.58. The number of aromatic amines is 1. The molecule has 19 heavy (non-hydrogen) atoms. The number of nitrogens with one attached hydrogen (secondary N) is 2. The molecule has 0 aliphatic heterocycles. The third-order valence-electron chi connectivity index (χ3n) is 3.55. The van der Waals surface area contributed by atoms with E-state index >= 15 is 0 Å². The van der Waals surface area contributed by atoms with Gasteiger partial charge in [-0.1, -0.05) is 6.07 Å². The van der Waals surface area contributed by atoms with Crippen LogP contribution >= 0.6 is 0 Å². The van der Waals surface area contributed by atoms with Gasteiger partial charge in [0.2, 0.25) is 0 Å². The van der Waals surface area contributed by atoms with Gasteiger partial charge in [-0.25, -0.2) is 4.98 Å². The average molecular weight is 258 g/mol. The largest absolute Gasteiger partial charge is 0.366 e. The maximum atomic E-state index is 11.4. The molecule has 1 aromatic heterocycles. The van der Waals surface area contributed by atoms with Crippen molar-refractivity contribution < 1.29 is 4.79 Å².